The fourth-order valence-corrected chi connectivity index (χ4v) is 3.99. The first-order valence-corrected chi connectivity index (χ1v) is 8.08. The van der Waals surface area contributed by atoms with Gasteiger partial charge in [0.1, 0.15) is 0 Å². The predicted octanol–water partition coefficient (Wildman–Crippen LogP) is 3.93. The van der Waals surface area contributed by atoms with Crippen LogP contribution in [0, 0.1) is 11.8 Å². The molecule has 4 unspecified atom stereocenters. The summed E-state index contributed by atoms with van der Waals surface area (Å²) in [5.74, 6) is 3.10. The van der Waals surface area contributed by atoms with Crippen LogP contribution in [0.2, 0.25) is 0 Å². The highest BCUT2D eigenvalue weighted by atomic mass is 32.2. The molecular weight excluding hydrogens is 214 g/mol. The molecule has 0 saturated heterocycles. The van der Waals surface area contributed by atoms with E-state index in [0.717, 1.165) is 23.1 Å². The van der Waals surface area contributed by atoms with Crippen LogP contribution in [0.1, 0.15) is 53.4 Å². The highest BCUT2D eigenvalue weighted by Gasteiger charge is 2.32. The molecule has 1 nitrogen and oxygen atoms in total. The quantitative estimate of drug-likeness (QED) is 0.727. The SMILES string of the molecule is CCCNC1CCC(SCC(C)CC)C1C. The summed E-state index contributed by atoms with van der Waals surface area (Å²) in [6, 6.07) is 0.786. The molecule has 1 saturated carbocycles. The molecule has 0 bridgehead atoms. The van der Waals surface area contributed by atoms with Crippen molar-refractivity contribution in [1.82, 2.24) is 5.32 Å². The summed E-state index contributed by atoms with van der Waals surface area (Å²) in [6.45, 7) is 10.6. The molecule has 96 valence electrons. The lowest BCUT2D eigenvalue weighted by molar-refractivity contribution is 0.431. The van der Waals surface area contributed by atoms with Gasteiger partial charge in [-0.1, -0.05) is 34.1 Å². The summed E-state index contributed by atoms with van der Waals surface area (Å²) in [5, 5.41) is 4.61. The lowest BCUT2D eigenvalue weighted by Crippen LogP contribution is -2.33. The zero-order chi connectivity index (χ0) is 12.0. The summed E-state index contributed by atoms with van der Waals surface area (Å²) in [5.41, 5.74) is 0. The van der Waals surface area contributed by atoms with Crippen molar-refractivity contribution in [2.45, 2.75) is 64.7 Å². The standard InChI is InChI=1S/C14H29NS/c1-5-9-15-13-7-8-14(12(13)4)16-10-11(3)6-2/h11-15H,5-10H2,1-4H3. The molecule has 2 heteroatoms. The molecule has 16 heavy (non-hydrogen) atoms. The molecule has 0 spiro atoms. The molecule has 0 aromatic carbocycles. The first-order valence-electron chi connectivity index (χ1n) is 7.04. The molecular formula is C14H29NS. The van der Waals surface area contributed by atoms with Crippen LogP contribution in [0.15, 0.2) is 0 Å². The van der Waals surface area contributed by atoms with E-state index >= 15 is 0 Å². The van der Waals surface area contributed by atoms with Gasteiger partial charge in [-0.15, -0.1) is 0 Å². The second-order valence-corrected chi connectivity index (χ2v) is 6.65. The Morgan fingerprint density at radius 2 is 2.06 bits per heavy atom. The van der Waals surface area contributed by atoms with Crippen LogP contribution in [0.4, 0.5) is 0 Å². The zero-order valence-electron chi connectivity index (χ0n) is 11.5. The molecule has 0 amide bonds. The normalized spacial score (nSPS) is 31.9. The third kappa shape index (κ3) is 4.29. The van der Waals surface area contributed by atoms with Crippen LogP contribution in [0.25, 0.3) is 0 Å². The highest BCUT2D eigenvalue weighted by Crippen LogP contribution is 2.36. The van der Waals surface area contributed by atoms with Crippen molar-refractivity contribution in [2.75, 3.05) is 12.3 Å². The van der Waals surface area contributed by atoms with Gasteiger partial charge < -0.3 is 5.32 Å². The van der Waals surface area contributed by atoms with E-state index in [-0.39, 0.29) is 0 Å². The van der Waals surface area contributed by atoms with Gasteiger partial charge in [0.2, 0.25) is 0 Å². The van der Waals surface area contributed by atoms with Gasteiger partial charge in [-0.25, -0.2) is 0 Å². The molecule has 0 radical (unpaired) electrons. The number of rotatable bonds is 7. The van der Waals surface area contributed by atoms with Gasteiger partial charge in [-0.2, -0.15) is 11.8 Å². The average molecular weight is 243 g/mol. The third-order valence-corrected chi connectivity index (χ3v) is 5.79. The minimum Gasteiger partial charge on any atom is -0.314 e. The first kappa shape index (κ1) is 14.4. The van der Waals surface area contributed by atoms with E-state index in [4.69, 9.17) is 0 Å². The molecule has 0 aromatic heterocycles. The van der Waals surface area contributed by atoms with Crippen molar-refractivity contribution in [3.63, 3.8) is 0 Å². The number of hydrogen-bond donors (Lipinski definition) is 1. The Morgan fingerprint density at radius 3 is 2.69 bits per heavy atom. The predicted molar refractivity (Wildman–Crippen MR) is 76.2 cm³/mol. The Labute approximate surface area is 106 Å². The summed E-state index contributed by atoms with van der Waals surface area (Å²) in [6.07, 6.45) is 5.39. The van der Waals surface area contributed by atoms with Crippen LogP contribution in [0.5, 0.6) is 0 Å². The van der Waals surface area contributed by atoms with E-state index in [0.29, 0.717) is 0 Å². The van der Waals surface area contributed by atoms with Crippen molar-refractivity contribution in [3.05, 3.63) is 0 Å². The van der Waals surface area contributed by atoms with E-state index in [2.05, 4.69) is 44.8 Å². The molecule has 0 aliphatic heterocycles. The van der Waals surface area contributed by atoms with Crippen molar-refractivity contribution in [3.8, 4) is 0 Å². The number of thioether (sulfide) groups is 1. The molecule has 0 heterocycles. The largest absolute Gasteiger partial charge is 0.314 e. The van der Waals surface area contributed by atoms with Crippen LogP contribution < -0.4 is 5.32 Å². The Balaban J connectivity index is 2.24. The van der Waals surface area contributed by atoms with Crippen LogP contribution in [0.3, 0.4) is 0 Å². The van der Waals surface area contributed by atoms with Crippen LogP contribution >= 0.6 is 11.8 Å². The Kier molecular flexibility index (Phi) is 6.83. The fourth-order valence-electron chi connectivity index (χ4n) is 2.39. The minimum atomic E-state index is 0.786. The van der Waals surface area contributed by atoms with Gasteiger partial charge in [0.15, 0.2) is 0 Å². The van der Waals surface area contributed by atoms with Gasteiger partial charge in [0.25, 0.3) is 0 Å². The summed E-state index contributed by atoms with van der Waals surface area (Å²) < 4.78 is 0. The topological polar surface area (TPSA) is 12.0 Å². The maximum atomic E-state index is 3.70. The summed E-state index contributed by atoms with van der Waals surface area (Å²) in [7, 11) is 0. The first-order chi connectivity index (χ1) is 7.69. The van der Waals surface area contributed by atoms with E-state index in [1.807, 2.05) is 0 Å². The van der Waals surface area contributed by atoms with E-state index in [1.165, 1.54) is 38.0 Å². The van der Waals surface area contributed by atoms with Gasteiger partial charge in [-0.3, -0.25) is 0 Å². The van der Waals surface area contributed by atoms with Crippen LogP contribution in [-0.4, -0.2) is 23.6 Å². The molecule has 1 aliphatic carbocycles. The van der Waals surface area contributed by atoms with Gasteiger partial charge in [0.05, 0.1) is 0 Å². The van der Waals surface area contributed by atoms with Gasteiger partial charge in [0, 0.05) is 11.3 Å². The summed E-state index contributed by atoms with van der Waals surface area (Å²) in [4.78, 5) is 0. The number of nitrogens with one attached hydrogen (secondary N) is 1. The molecule has 1 fully saturated rings. The van der Waals surface area contributed by atoms with Crippen molar-refractivity contribution < 1.29 is 0 Å². The monoisotopic (exact) mass is 243 g/mol. The van der Waals surface area contributed by atoms with Crippen molar-refractivity contribution in [1.29, 1.82) is 0 Å². The molecule has 1 rings (SSSR count). The van der Waals surface area contributed by atoms with E-state index in [9.17, 15) is 0 Å². The third-order valence-electron chi connectivity index (χ3n) is 3.93. The lowest BCUT2D eigenvalue weighted by Gasteiger charge is -2.22. The number of hydrogen-bond acceptors (Lipinski definition) is 2. The molecule has 0 aromatic rings. The lowest BCUT2D eigenvalue weighted by atomic mass is 10.1. The van der Waals surface area contributed by atoms with Gasteiger partial charge >= 0.3 is 0 Å². The van der Waals surface area contributed by atoms with Gasteiger partial charge in [-0.05, 0) is 43.4 Å². The highest BCUT2D eigenvalue weighted by molar-refractivity contribution is 7.99. The summed E-state index contributed by atoms with van der Waals surface area (Å²) >= 11 is 2.22. The Morgan fingerprint density at radius 1 is 1.31 bits per heavy atom. The maximum Gasteiger partial charge on any atom is 0.0104 e. The molecule has 1 N–H and O–H groups in total. The second kappa shape index (κ2) is 7.60. The van der Waals surface area contributed by atoms with Crippen molar-refractivity contribution >= 4 is 11.8 Å². The van der Waals surface area contributed by atoms with Crippen molar-refractivity contribution in [2.24, 2.45) is 11.8 Å². The Bertz CT molecular complexity index is 184. The Hall–Kier alpha value is 0.310. The average Bonchev–Trinajstić information content (AvgIpc) is 2.64. The van der Waals surface area contributed by atoms with E-state index < -0.39 is 0 Å². The zero-order valence-corrected chi connectivity index (χ0v) is 12.3. The fraction of sp³-hybridized carbons (Fsp3) is 1.00. The molecule has 1 aliphatic rings. The molecule has 4 atom stereocenters. The van der Waals surface area contributed by atoms with E-state index in [1.54, 1.807) is 0 Å². The second-order valence-electron chi connectivity index (χ2n) is 5.38. The smallest absolute Gasteiger partial charge is 0.0104 e. The minimum absolute atomic E-state index is 0.786. The van der Waals surface area contributed by atoms with Crippen LogP contribution in [-0.2, 0) is 0 Å². The maximum absolute atomic E-state index is 3.70.